The maximum absolute atomic E-state index is 9.45. The fourth-order valence-corrected chi connectivity index (χ4v) is 2.51. The molecule has 0 saturated carbocycles. The van der Waals surface area contributed by atoms with Crippen molar-refractivity contribution in [3.63, 3.8) is 0 Å². The Morgan fingerprint density at radius 3 is 2.42 bits per heavy atom. The number of halogens is 1. The predicted octanol–water partition coefficient (Wildman–Crippen LogP) is 3.89. The van der Waals surface area contributed by atoms with E-state index in [4.69, 9.17) is 0 Å². The maximum Gasteiger partial charge on any atom is 0.0702 e. The molecular formula is C16H18BrNO. The smallest absolute Gasteiger partial charge is 0.0702 e. The predicted molar refractivity (Wildman–Crippen MR) is 83.4 cm³/mol. The topological polar surface area (TPSA) is 23.5 Å². The van der Waals surface area contributed by atoms with Crippen molar-refractivity contribution in [1.29, 1.82) is 0 Å². The fraction of sp³-hybridized carbons (Fsp3) is 0.250. The van der Waals surface area contributed by atoms with Crippen molar-refractivity contribution in [1.82, 2.24) is 0 Å². The molecule has 3 heteroatoms. The van der Waals surface area contributed by atoms with E-state index in [0.29, 0.717) is 0 Å². The lowest BCUT2D eigenvalue weighted by Crippen LogP contribution is -2.18. The summed E-state index contributed by atoms with van der Waals surface area (Å²) in [5.74, 6) is 0. The van der Waals surface area contributed by atoms with Crippen LogP contribution < -0.4 is 4.90 Å². The number of hydrogen-bond acceptors (Lipinski definition) is 2. The lowest BCUT2D eigenvalue weighted by atomic mass is 10.1. The van der Waals surface area contributed by atoms with Gasteiger partial charge in [-0.3, -0.25) is 0 Å². The number of benzene rings is 2. The van der Waals surface area contributed by atoms with Crippen molar-refractivity contribution >= 4 is 21.6 Å². The molecule has 1 N–H and O–H groups in total. The van der Waals surface area contributed by atoms with Crippen molar-refractivity contribution in [2.24, 2.45) is 0 Å². The van der Waals surface area contributed by atoms with Crippen LogP contribution in [0.15, 0.2) is 46.9 Å². The van der Waals surface area contributed by atoms with Gasteiger partial charge in [-0.25, -0.2) is 0 Å². The Morgan fingerprint density at radius 1 is 1.11 bits per heavy atom. The molecule has 19 heavy (non-hydrogen) atoms. The Labute approximate surface area is 122 Å². The zero-order valence-electron chi connectivity index (χ0n) is 11.2. The highest BCUT2D eigenvalue weighted by Gasteiger charge is 2.08. The van der Waals surface area contributed by atoms with Gasteiger partial charge >= 0.3 is 0 Å². The normalized spacial score (nSPS) is 10.5. The minimum atomic E-state index is 0.0486. The summed E-state index contributed by atoms with van der Waals surface area (Å²) in [6, 6.07) is 14.5. The van der Waals surface area contributed by atoms with Gasteiger partial charge in [0.05, 0.1) is 6.61 Å². The number of hydrogen-bond donors (Lipinski definition) is 1. The third kappa shape index (κ3) is 3.58. The molecule has 0 radical (unpaired) electrons. The minimum absolute atomic E-state index is 0.0486. The van der Waals surface area contributed by atoms with Crippen molar-refractivity contribution in [3.8, 4) is 0 Å². The molecule has 0 amide bonds. The summed E-state index contributed by atoms with van der Waals surface area (Å²) in [5.41, 5.74) is 4.53. The third-order valence-corrected chi connectivity index (χ3v) is 3.66. The van der Waals surface area contributed by atoms with Crippen LogP contribution in [0.25, 0.3) is 0 Å². The molecule has 2 rings (SSSR count). The van der Waals surface area contributed by atoms with E-state index >= 15 is 0 Å². The molecule has 0 heterocycles. The maximum atomic E-state index is 9.45. The van der Waals surface area contributed by atoms with E-state index in [1.165, 1.54) is 11.1 Å². The number of anilines is 1. The summed E-state index contributed by atoms with van der Waals surface area (Å²) in [6.45, 7) is 2.97. The van der Waals surface area contributed by atoms with Crippen LogP contribution in [-0.2, 0) is 13.2 Å². The Bertz CT molecular complexity index is 551. The Balaban J connectivity index is 2.19. The van der Waals surface area contributed by atoms with Crippen LogP contribution in [0, 0.1) is 6.92 Å². The van der Waals surface area contributed by atoms with E-state index in [1.54, 1.807) is 0 Å². The van der Waals surface area contributed by atoms with E-state index < -0.39 is 0 Å². The quantitative estimate of drug-likeness (QED) is 0.924. The van der Waals surface area contributed by atoms with E-state index in [0.717, 1.165) is 22.3 Å². The molecule has 0 atom stereocenters. The summed E-state index contributed by atoms with van der Waals surface area (Å²) in [4.78, 5) is 2.16. The second kappa shape index (κ2) is 6.22. The standard InChI is InChI=1S/C16H18BrNO/c1-12-3-5-13(6-4-12)10-18(2)16-8-7-15(17)9-14(16)11-19/h3-9,19H,10-11H2,1-2H3. The third-order valence-electron chi connectivity index (χ3n) is 3.16. The molecule has 0 saturated heterocycles. The van der Waals surface area contributed by atoms with Gasteiger partial charge in [-0.2, -0.15) is 0 Å². The van der Waals surface area contributed by atoms with Gasteiger partial charge in [0.25, 0.3) is 0 Å². The highest BCUT2D eigenvalue weighted by Crippen LogP contribution is 2.25. The average Bonchev–Trinajstić information content (AvgIpc) is 2.41. The summed E-state index contributed by atoms with van der Waals surface area (Å²) >= 11 is 3.43. The first-order valence-corrected chi connectivity index (χ1v) is 7.05. The SMILES string of the molecule is Cc1ccc(CN(C)c2ccc(Br)cc2CO)cc1. The van der Waals surface area contributed by atoms with Crippen molar-refractivity contribution in [2.75, 3.05) is 11.9 Å². The molecule has 0 bridgehead atoms. The minimum Gasteiger partial charge on any atom is -0.392 e. The molecule has 2 aromatic carbocycles. The highest BCUT2D eigenvalue weighted by molar-refractivity contribution is 9.10. The Kier molecular flexibility index (Phi) is 4.61. The zero-order valence-corrected chi connectivity index (χ0v) is 12.8. The lowest BCUT2D eigenvalue weighted by Gasteiger charge is -2.22. The zero-order chi connectivity index (χ0) is 13.8. The average molecular weight is 320 g/mol. The van der Waals surface area contributed by atoms with Crippen LogP contribution in [0.1, 0.15) is 16.7 Å². The highest BCUT2D eigenvalue weighted by atomic mass is 79.9. The van der Waals surface area contributed by atoms with Crippen molar-refractivity contribution < 1.29 is 5.11 Å². The lowest BCUT2D eigenvalue weighted by molar-refractivity contribution is 0.282. The Hall–Kier alpha value is -1.32. The van der Waals surface area contributed by atoms with E-state index in [-0.39, 0.29) is 6.61 Å². The van der Waals surface area contributed by atoms with Gasteiger partial charge in [0.1, 0.15) is 0 Å². The van der Waals surface area contributed by atoms with Gasteiger partial charge in [0, 0.05) is 29.3 Å². The van der Waals surface area contributed by atoms with Gasteiger partial charge in [0.15, 0.2) is 0 Å². The first kappa shape index (κ1) is 14.1. The molecule has 0 aliphatic rings. The number of rotatable bonds is 4. The Morgan fingerprint density at radius 2 is 1.79 bits per heavy atom. The van der Waals surface area contributed by atoms with Crippen LogP contribution >= 0.6 is 15.9 Å². The van der Waals surface area contributed by atoms with Gasteiger partial charge in [-0.05, 0) is 30.7 Å². The van der Waals surface area contributed by atoms with E-state index in [9.17, 15) is 5.11 Å². The molecule has 2 nitrogen and oxygen atoms in total. The molecule has 0 aliphatic heterocycles. The first-order valence-electron chi connectivity index (χ1n) is 6.26. The second-order valence-corrected chi connectivity index (χ2v) is 5.69. The largest absolute Gasteiger partial charge is 0.392 e. The summed E-state index contributed by atoms with van der Waals surface area (Å²) < 4.78 is 0.990. The number of aryl methyl sites for hydroxylation is 1. The molecular weight excluding hydrogens is 302 g/mol. The first-order chi connectivity index (χ1) is 9.10. The monoisotopic (exact) mass is 319 g/mol. The van der Waals surface area contributed by atoms with Gasteiger partial charge in [-0.15, -0.1) is 0 Å². The van der Waals surface area contributed by atoms with E-state index in [2.05, 4.69) is 52.0 Å². The van der Waals surface area contributed by atoms with Gasteiger partial charge in [-0.1, -0.05) is 45.8 Å². The van der Waals surface area contributed by atoms with Gasteiger partial charge < -0.3 is 10.0 Å². The van der Waals surface area contributed by atoms with Crippen molar-refractivity contribution in [3.05, 3.63) is 63.6 Å². The molecule has 0 fully saturated rings. The number of aliphatic hydroxyl groups is 1. The second-order valence-electron chi connectivity index (χ2n) is 4.77. The molecule has 2 aromatic rings. The fourth-order valence-electron chi connectivity index (χ4n) is 2.11. The summed E-state index contributed by atoms with van der Waals surface area (Å²) in [6.07, 6.45) is 0. The van der Waals surface area contributed by atoms with Gasteiger partial charge in [0.2, 0.25) is 0 Å². The van der Waals surface area contributed by atoms with E-state index in [1.807, 2.05) is 25.2 Å². The summed E-state index contributed by atoms with van der Waals surface area (Å²) in [7, 11) is 2.04. The number of aliphatic hydroxyl groups excluding tert-OH is 1. The molecule has 100 valence electrons. The molecule has 0 aliphatic carbocycles. The van der Waals surface area contributed by atoms with Crippen molar-refractivity contribution in [2.45, 2.75) is 20.1 Å². The molecule has 0 unspecified atom stereocenters. The number of nitrogens with zero attached hydrogens (tertiary/aromatic N) is 1. The molecule has 0 aromatic heterocycles. The van der Waals surface area contributed by atoms with Crippen LogP contribution in [0.4, 0.5) is 5.69 Å². The summed E-state index contributed by atoms with van der Waals surface area (Å²) in [5, 5.41) is 9.45. The molecule has 0 spiro atoms. The van der Waals surface area contributed by atoms with Crippen LogP contribution in [0.5, 0.6) is 0 Å². The van der Waals surface area contributed by atoms with Crippen LogP contribution in [-0.4, -0.2) is 12.2 Å². The van der Waals surface area contributed by atoms with Crippen LogP contribution in [0.2, 0.25) is 0 Å². The van der Waals surface area contributed by atoms with Crippen LogP contribution in [0.3, 0.4) is 0 Å².